The Labute approximate surface area is 127 Å². The Morgan fingerprint density at radius 2 is 2.10 bits per heavy atom. The summed E-state index contributed by atoms with van der Waals surface area (Å²) in [6, 6.07) is 6.72. The molecule has 1 N–H and O–H groups in total. The molecule has 2 aromatic rings. The minimum atomic E-state index is -3.46. The largest absolute Gasteiger partial charge is 0.281 e. The number of hydrogen-bond acceptors (Lipinski definition) is 3. The van der Waals surface area contributed by atoms with Crippen molar-refractivity contribution in [1.29, 1.82) is 0 Å². The average Bonchev–Trinajstić information content (AvgIpc) is 2.90. The molecule has 5 nitrogen and oxygen atoms in total. The van der Waals surface area contributed by atoms with Crippen LogP contribution in [-0.2, 0) is 10.0 Å². The van der Waals surface area contributed by atoms with Gasteiger partial charge in [-0.1, -0.05) is 17.7 Å². The predicted octanol–water partition coefficient (Wildman–Crippen LogP) is 2.90. The third-order valence-electron chi connectivity index (χ3n) is 2.53. The van der Waals surface area contributed by atoms with Crippen LogP contribution in [0.5, 0.6) is 0 Å². The van der Waals surface area contributed by atoms with Gasteiger partial charge in [-0.15, -0.1) is 11.6 Å². The Morgan fingerprint density at radius 1 is 1.30 bits per heavy atom. The van der Waals surface area contributed by atoms with Gasteiger partial charge in [0.1, 0.15) is 5.69 Å². The van der Waals surface area contributed by atoms with Gasteiger partial charge >= 0.3 is 0 Å². The van der Waals surface area contributed by atoms with Crippen LogP contribution in [-0.4, -0.2) is 29.8 Å². The number of anilines is 1. The maximum absolute atomic E-state index is 11.9. The zero-order chi connectivity index (χ0) is 14.6. The van der Waals surface area contributed by atoms with Gasteiger partial charge in [0, 0.05) is 18.3 Å². The van der Waals surface area contributed by atoms with E-state index < -0.39 is 10.0 Å². The van der Waals surface area contributed by atoms with E-state index in [-0.39, 0.29) is 5.75 Å². The molecule has 0 atom stereocenters. The molecule has 1 aromatic heterocycles. The fraction of sp³-hybridized carbons (Fsp3) is 0.250. The molecule has 0 aliphatic rings. The Kier molecular flexibility index (Phi) is 4.91. The molecule has 0 saturated carbocycles. The third-order valence-corrected chi connectivity index (χ3v) is 4.46. The topological polar surface area (TPSA) is 64.0 Å². The summed E-state index contributed by atoms with van der Waals surface area (Å²) in [5.41, 5.74) is 0.879. The van der Waals surface area contributed by atoms with E-state index in [2.05, 4.69) is 9.82 Å². The summed E-state index contributed by atoms with van der Waals surface area (Å²) in [6.45, 7) is 0. The van der Waals surface area contributed by atoms with Gasteiger partial charge in [0.25, 0.3) is 0 Å². The molecule has 2 rings (SSSR count). The van der Waals surface area contributed by atoms with Crippen LogP contribution in [0.25, 0.3) is 5.69 Å². The lowest BCUT2D eigenvalue weighted by Gasteiger charge is -2.13. The summed E-state index contributed by atoms with van der Waals surface area (Å²) in [6.07, 6.45) is 3.67. The van der Waals surface area contributed by atoms with Crippen molar-refractivity contribution < 1.29 is 8.42 Å². The zero-order valence-corrected chi connectivity index (χ0v) is 12.8. The predicted molar refractivity (Wildman–Crippen MR) is 81.3 cm³/mol. The number of aromatic nitrogens is 2. The van der Waals surface area contributed by atoms with Gasteiger partial charge in [0.05, 0.1) is 16.5 Å². The first-order chi connectivity index (χ1) is 9.53. The lowest BCUT2D eigenvalue weighted by Crippen LogP contribution is -2.18. The normalized spacial score (nSPS) is 11.5. The van der Waals surface area contributed by atoms with E-state index in [0.717, 1.165) is 0 Å². The van der Waals surface area contributed by atoms with Crippen LogP contribution in [0.15, 0.2) is 36.7 Å². The summed E-state index contributed by atoms with van der Waals surface area (Å²) in [5, 5.41) is 4.48. The molecular formula is C12H13Cl2N3O2S. The number of alkyl halides is 1. The third kappa shape index (κ3) is 3.65. The number of sulfonamides is 1. The van der Waals surface area contributed by atoms with Crippen molar-refractivity contribution >= 4 is 38.9 Å². The van der Waals surface area contributed by atoms with Gasteiger partial charge in [0.2, 0.25) is 10.0 Å². The summed E-state index contributed by atoms with van der Waals surface area (Å²) >= 11 is 11.7. The summed E-state index contributed by atoms with van der Waals surface area (Å²) in [5.74, 6) is 0.254. The number of para-hydroxylation sites is 1. The summed E-state index contributed by atoms with van der Waals surface area (Å²) in [4.78, 5) is 0. The van der Waals surface area contributed by atoms with Crippen molar-refractivity contribution in [3.05, 3.63) is 41.7 Å². The molecule has 108 valence electrons. The molecule has 0 amide bonds. The van der Waals surface area contributed by atoms with E-state index in [0.29, 0.717) is 28.7 Å². The van der Waals surface area contributed by atoms with Gasteiger partial charge in [-0.05, 0) is 24.6 Å². The summed E-state index contributed by atoms with van der Waals surface area (Å²) in [7, 11) is -3.46. The first kappa shape index (κ1) is 15.2. The fourth-order valence-corrected chi connectivity index (χ4v) is 3.37. The van der Waals surface area contributed by atoms with E-state index in [9.17, 15) is 8.42 Å². The highest BCUT2D eigenvalue weighted by molar-refractivity contribution is 7.92. The van der Waals surface area contributed by atoms with Crippen LogP contribution < -0.4 is 4.72 Å². The van der Waals surface area contributed by atoms with Crippen molar-refractivity contribution in [2.45, 2.75) is 6.42 Å². The molecule has 0 saturated heterocycles. The van der Waals surface area contributed by atoms with Crippen LogP contribution in [0.1, 0.15) is 6.42 Å². The van der Waals surface area contributed by atoms with Crippen molar-refractivity contribution in [1.82, 2.24) is 9.78 Å². The summed E-state index contributed by atoms with van der Waals surface area (Å²) < 4.78 is 27.9. The second-order valence-corrected chi connectivity index (χ2v) is 6.68. The second-order valence-electron chi connectivity index (χ2n) is 4.05. The molecule has 0 aliphatic heterocycles. The minimum absolute atomic E-state index is 0.0401. The first-order valence-electron chi connectivity index (χ1n) is 5.88. The van der Waals surface area contributed by atoms with Crippen molar-refractivity contribution in [3.63, 3.8) is 0 Å². The lowest BCUT2D eigenvalue weighted by molar-refractivity contribution is 0.600. The SMILES string of the molecule is O=S(=O)(CCCCl)Nc1cccc(Cl)c1-n1cccn1. The first-order valence-corrected chi connectivity index (χ1v) is 8.45. The van der Waals surface area contributed by atoms with Gasteiger partial charge in [-0.2, -0.15) is 5.10 Å². The molecule has 0 aliphatic carbocycles. The maximum Gasteiger partial charge on any atom is 0.232 e. The van der Waals surface area contributed by atoms with E-state index >= 15 is 0 Å². The zero-order valence-electron chi connectivity index (χ0n) is 10.5. The molecule has 0 bridgehead atoms. The monoisotopic (exact) mass is 333 g/mol. The molecule has 0 fully saturated rings. The quantitative estimate of drug-likeness (QED) is 0.826. The van der Waals surface area contributed by atoms with Crippen molar-refractivity contribution in [2.24, 2.45) is 0 Å². The maximum atomic E-state index is 11.9. The standard InChI is InChI=1S/C12H13Cl2N3O2S/c13-6-2-9-20(18,19)16-11-5-1-4-10(14)12(11)17-8-3-7-15-17/h1,3-5,7-8,16H,2,6,9H2. The Balaban J connectivity index is 2.36. The molecule has 0 unspecified atom stereocenters. The number of nitrogens with zero attached hydrogens (tertiary/aromatic N) is 2. The molecule has 0 radical (unpaired) electrons. The molecule has 0 spiro atoms. The van der Waals surface area contributed by atoms with E-state index in [1.54, 1.807) is 36.7 Å². The number of rotatable bonds is 6. The average molecular weight is 334 g/mol. The van der Waals surface area contributed by atoms with E-state index in [1.165, 1.54) is 4.68 Å². The highest BCUT2D eigenvalue weighted by Crippen LogP contribution is 2.28. The van der Waals surface area contributed by atoms with Gasteiger partial charge in [-0.3, -0.25) is 4.72 Å². The van der Waals surface area contributed by atoms with Crippen LogP contribution >= 0.6 is 23.2 Å². The number of hydrogen-bond donors (Lipinski definition) is 1. The van der Waals surface area contributed by atoms with Gasteiger partial charge < -0.3 is 0 Å². The molecule has 8 heteroatoms. The lowest BCUT2D eigenvalue weighted by atomic mass is 10.3. The van der Waals surface area contributed by atoms with Crippen LogP contribution in [0, 0.1) is 0 Å². The molecule has 1 heterocycles. The van der Waals surface area contributed by atoms with Crippen LogP contribution in [0.3, 0.4) is 0 Å². The van der Waals surface area contributed by atoms with E-state index in [1.807, 2.05) is 0 Å². The molecule has 1 aromatic carbocycles. The molecular weight excluding hydrogens is 321 g/mol. The highest BCUT2D eigenvalue weighted by atomic mass is 35.5. The Bertz CT molecular complexity index is 672. The second kappa shape index (κ2) is 6.47. The smallest absolute Gasteiger partial charge is 0.232 e. The van der Waals surface area contributed by atoms with Crippen LogP contribution in [0.2, 0.25) is 5.02 Å². The number of nitrogens with one attached hydrogen (secondary N) is 1. The van der Waals surface area contributed by atoms with Gasteiger partial charge in [0.15, 0.2) is 0 Å². The molecule has 20 heavy (non-hydrogen) atoms. The Hall–Kier alpha value is -1.24. The highest BCUT2D eigenvalue weighted by Gasteiger charge is 2.15. The Morgan fingerprint density at radius 3 is 2.75 bits per heavy atom. The van der Waals surface area contributed by atoms with Crippen LogP contribution in [0.4, 0.5) is 5.69 Å². The van der Waals surface area contributed by atoms with E-state index in [4.69, 9.17) is 23.2 Å². The number of halogens is 2. The van der Waals surface area contributed by atoms with Crippen molar-refractivity contribution in [2.75, 3.05) is 16.4 Å². The fourth-order valence-electron chi connectivity index (χ4n) is 1.69. The van der Waals surface area contributed by atoms with Crippen molar-refractivity contribution in [3.8, 4) is 5.69 Å². The number of benzene rings is 1. The van der Waals surface area contributed by atoms with Gasteiger partial charge in [-0.25, -0.2) is 13.1 Å². The minimum Gasteiger partial charge on any atom is -0.281 e.